The van der Waals surface area contributed by atoms with Gasteiger partial charge in [-0.15, -0.1) is 0 Å². The molecule has 0 aliphatic rings. The van der Waals surface area contributed by atoms with Gasteiger partial charge in [0.1, 0.15) is 13.2 Å². The van der Waals surface area contributed by atoms with Crippen molar-refractivity contribution in [3.05, 3.63) is 48.6 Å². The minimum Gasteiger partial charge on any atom is -0.462 e. The highest BCUT2D eigenvalue weighted by Gasteiger charge is 2.19. The maximum absolute atomic E-state index is 12.7. The predicted octanol–water partition coefficient (Wildman–Crippen LogP) is 15.1. The van der Waals surface area contributed by atoms with E-state index in [2.05, 4.69) is 69.4 Å². The SMILES string of the molecule is CC/C=C\C/C=C\C/C=C\C/C=C\CCCCCCCCCCC(=O)OCC(COC(=O)CCCCCCCC)OC(=O)CCCCCCCCCCCCC. The van der Waals surface area contributed by atoms with Crippen molar-refractivity contribution >= 4 is 17.9 Å². The van der Waals surface area contributed by atoms with Crippen LogP contribution in [0.3, 0.4) is 0 Å². The Morgan fingerprint density at radius 2 is 0.696 bits per heavy atom. The Balaban J connectivity index is 4.19. The number of carbonyl (C=O) groups is 3. The number of carbonyl (C=O) groups excluding carboxylic acids is 3. The summed E-state index contributed by atoms with van der Waals surface area (Å²) in [7, 11) is 0. The molecule has 0 aromatic carbocycles. The monoisotopic (exact) mass is 785 g/mol. The molecule has 0 saturated carbocycles. The van der Waals surface area contributed by atoms with E-state index in [0.717, 1.165) is 89.9 Å². The molecule has 0 radical (unpaired) electrons. The van der Waals surface area contributed by atoms with Crippen molar-refractivity contribution in [2.45, 2.75) is 239 Å². The van der Waals surface area contributed by atoms with E-state index in [0.29, 0.717) is 19.3 Å². The van der Waals surface area contributed by atoms with E-state index < -0.39 is 6.10 Å². The van der Waals surface area contributed by atoms with Crippen LogP contribution in [0.25, 0.3) is 0 Å². The first kappa shape index (κ1) is 53.4. The standard InChI is InChI=1S/C50H88O6/c1-4-7-10-13-16-18-20-21-22-23-24-25-26-27-28-29-31-32-34-37-40-43-49(52)55-46-47(45-54-48(51)42-39-36-15-12-9-6-3)56-50(53)44-41-38-35-33-30-19-17-14-11-8-5-2/h7,10,16,18,21-22,24-25,47H,4-6,8-9,11-15,17,19-20,23,26-46H2,1-3H3/b10-7-,18-16-,22-21-,25-24-. The largest absolute Gasteiger partial charge is 0.462 e. The van der Waals surface area contributed by atoms with Crippen LogP contribution in [-0.4, -0.2) is 37.2 Å². The fourth-order valence-corrected chi connectivity index (χ4v) is 6.55. The molecule has 6 nitrogen and oxygen atoms in total. The average molecular weight is 785 g/mol. The van der Waals surface area contributed by atoms with Crippen LogP contribution >= 0.6 is 0 Å². The summed E-state index contributed by atoms with van der Waals surface area (Å²) in [5.41, 5.74) is 0. The van der Waals surface area contributed by atoms with E-state index in [1.807, 2.05) is 0 Å². The van der Waals surface area contributed by atoms with Crippen LogP contribution in [-0.2, 0) is 28.6 Å². The van der Waals surface area contributed by atoms with Crippen LogP contribution in [0.1, 0.15) is 233 Å². The third kappa shape index (κ3) is 42.5. The molecule has 1 unspecified atom stereocenters. The van der Waals surface area contributed by atoms with Crippen molar-refractivity contribution in [3.63, 3.8) is 0 Å². The number of unbranched alkanes of at least 4 members (excludes halogenated alkanes) is 23. The summed E-state index contributed by atoms with van der Waals surface area (Å²) < 4.78 is 16.6. The van der Waals surface area contributed by atoms with Crippen molar-refractivity contribution in [1.29, 1.82) is 0 Å². The summed E-state index contributed by atoms with van der Waals surface area (Å²) >= 11 is 0. The second kappa shape index (κ2) is 45.1. The van der Waals surface area contributed by atoms with E-state index in [4.69, 9.17) is 14.2 Å². The van der Waals surface area contributed by atoms with E-state index in [-0.39, 0.29) is 31.1 Å². The van der Waals surface area contributed by atoms with Crippen LogP contribution in [0.15, 0.2) is 48.6 Å². The van der Waals surface area contributed by atoms with E-state index in [9.17, 15) is 14.4 Å². The average Bonchev–Trinajstić information content (AvgIpc) is 3.19. The zero-order chi connectivity index (χ0) is 40.8. The third-order valence-electron chi connectivity index (χ3n) is 10.1. The predicted molar refractivity (Wildman–Crippen MR) is 238 cm³/mol. The number of hydrogen-bond acceptors (Lipinski definition) is 6. The lowest BCUT2D eigenvalue weighted by Gasteiger charge is -2.18. The maximum atomic E-state index is 12.7. The highest BCUT2D eigenvalue weighted by Crippen LogP contribution is 2.14. The topological polar surface area (TPSA) is 78.9 Å². The Kier molecular flexibility index (Phi) is 43.0. The fraction of sp³-hybridized carbons (Fsp3) is 0.780. The minimum atomic E-state index is -0.768. The first-order valence-electron chi connectivity index (χ1n) is 23.6. The van der Waals surface area contributed by atoms with Gasteiger partial charge in [0, 0.05) is 19.3 Å². The molecule has 0 aliphatic heterocycles. The molecule has 324 valence electrons. The lowest BCUT2D eigenvalue weighted by atomic mass is 10.1. The van der Waals surface area contributed by atoms with Gasteiger partial charge < -0.3 is 14.2 Å². The highest BCUT2D eigenvalue weighted by molar-refractivity contribution is 5.71. The van der Waals surface area contributed by atoms with Gasteiger partial charge in [-0.05, 0) is 57.8 Å². The third-order valence-corrected chi connectivity index (χ3v) is 10.1. The summed E-state index contributed by atoms with van der Waals surface area (Å²) in [6, 6.07) is 0. The Morgan fingerprint density at radius 1 is 0.375 bits per heavy atom. The van der Waals surface area contributed by atoms with Gasteiger partial charge in [0.15, 0.2) is 6.10 Å². The molecule has 0 aromatic rings. The van der Waals surface area contributed by atoms with Crippen LogP contribution in [0.4, 0.5) is 0 Å². The molecule has 56 heavy (non-hydrogen) atoms. The minimum absolute atomic E-state index is 0.0740. The van der Waals surface area contributed by atoms with E-state index >= 15 is 0 Å². The molecule has 0 spiro atoms. The molecule has 0 amide bonds. The summed E-state index contributed by atoms with van der Waals surface area (Å²) in [6.07, 6.45) is 52.6. The fourth-order valence-electron chi connectivity index (χ4n) is 6.55. The zero-order valence-corrected chi connectivity index (χ0v) is 36.9. The lowest BCUT2D eigenvalue weighted by Crippen LogP contribution is -2.30. The molecule has 0 saturated heterocycles. The normalized spacial score (nSPS) is 12.4. The van der Waals surface area contributed by atoms with Crippen molar-refractivity contribution in [2.75, 3.05) is 13.2 Å². The van der Waals surface area contributed by atoms with Crippen molar-refractivity contribution in [3.8, 4) is 0 Å². The second-order valence-corrected chi connectivity index (χ2v) is 15.6. The van der Waals surface area contributed by atoms with Gasteiger partial charge in [-0.2, -0.15) is 0 Å². The summed E-state index contributed by atoms with van der Waals surface area (Å²) in [5, 5.41) is 0. The van der Waals surface area contributed by atoms with E-state index in [1.165, 1.54) is 103 Å². The molecule has 1 atom stereocenters. The molecule has 0 N–H and O–H groups in total. The Labute approximate surface area is 346 Å². The first-order valence-corrected chi connectivity index (χ1v) is 23.6. The van der Waals surface area contributed by atoms with Crippen LogP contribution < -0.4 is 0 Å². The Bertz CT molecular complexity index is 996. The number of ether oxygens (including phenoxy) is 3. The van der Waals surface area contributed by atoms with Crippen LogP contribution in [0, 0.1) is 0 Å². The van der Waals surface area contributed by atoms with Crippen molar-refractivity contribution in [1.82, 2.24) is 0 Å². The van der Waals surface area contributed by atoms with Crippen molar-refractivity contribution < 1.29 is 28.6 Å². The van der Waals surface area contributed by atoms with Gasteiger partial charge in [-0.25, -0.2) is 0 Å². The van der Waals surface area contributed by atoms with E-state index in [1.54, 1.807) is 0 Å². The molecule has 0 heterocycles. The van der Waals surface area contributed by atoms with Gasteiger partial charge in [0.05, 0.1) is 0 Å². The highest BCUT2D eigenvalue weighted by atomic mass is 16.6. The lowest BCUT2D eigenvalue weighted by molar-refractivity contribution is -0.167. The summed E-state index contributed by atoms with van der Waals surface area (Å²) in [4.78, 5) is 37.6. The van der Waals surface area contributed by atoms with Gasteiger partial charge >= 0.3 is 17.9 Å². The molecular formula is C50H88O6. The molecule has 0 rings (SSSR count). The number of esters is 3. The Morgan fingerprint density at radius 3 is 1.09 bits per heavy atom. The quantitative estimate of drug-likeness (QED) is 0.0265. The molecular weight excluding hydrogens is 697 g/mol. The smallest absolute Gasteiger partial charge is 0.306 e. The number of rotatable bonds is 42. The van der Waals surface area contributed by atoms with Gasteiger partial charge in [-0.3, -0.25) is 14.4 Å². The maximum Gasteiger partial charge on any atom is 0.306 e. The molecule has 0 fully saturated rings. The molecule has 0 bridgehead atoms. The summed E-state index contributed by atoms with van der Waals surface area (Å²) in [6.45, 7) is 6.45. The molecule has 6 heteroatoms. The van der Waals surface area contributed by atoms with Gasteiger partial charge in [0.25, 0.3) is 0 Å². The Hall–Kier alpha value is -2.63. The van der Waals surface area contributed by atoms with Crippen LogP contribution in [0.5, 0.6) is 0 Å². The molecule has 0 aromatic heterocycles. The summed E-state index contributed by atoms with van der Waals surface area (Å²) in [5.74, 6) is -0.890. The van der Waals surface area contributed by atoms with Gasteiger partial charge in [0.2, 0.25) is 0 Å². The number of hydrogen-bond donors (Lipinski definition) is 0. The van der Waals surface area contributed by atoms with Gasteiger partial charge in [-0.1, -0.05) is 204 Å². The number of allylic oxidation sites excluding steroid dienone is 8. The molecule has 0 aliphatic carbocycles. The van der Waals surface area contributed by atoms with Crippen molar-refractivity contribution in [2.24, 2.45) is 0 Å². The van der Waals surface area contributed by atoms with Crippen LogP contribution in [0.2, 0.25) is 0 Å². The first-order chi connectivity index (χ1) is 27.5. The zero-order valence-electron chi connectivity index (χ0n) is 36.9. The second-order valence-electron chi connectivity index (χ2n) is 15.6.